The molecule has 0 N–H and O–H groups in total. The molecule has 164 valence electrons. The molecule has 3 aromatic rings. The van der Waals surface area contributed by atoms with Crippen molar-refractivity contribution >= 4 is 28.8 Å². The van der Waals surface area contributed by atoms with Crippen LogP contribution in [0.25, 0.3) is 10.7 Å². The van der Waals surface area contributed by atoms with Crippen LogP contribution < -0.4 is 4.74 Å². The van der Waals surface area contributed by atoms with Gasteiger partial charge in [-0.15, -0.1) is 11.3 Å². The van der Waals surface area contributed by atoms with E-state index < -0.39 is 0 Å². The summed E-state index contributed by atoms with van der Waals surface area (Å²) in [4.78, 5) is 22.3. The van der Waals surface area contributed by atoms with Crippen molar-refractivity contribution in [2.75, 3.05) is 33.3 Å². The zero-order chi connectivity index (χ0) is 21.6. The summed E-state index contributed by atoms with van der Waals surface area (Å²) < 4.78 is 10.7. The standard InChI is InChI=1S/C22H25ClN4O3S/c1-29-18-8-7-17(23)14-16(18)15-26-9-11-27(12-10-26)21(28)6-2-5-20-24-22(25-30-20)19-4-3-13-31-19/h3-4,7-8,13-14H,2,5-6,9-12,15H2,1H3. The highest BCUT2D eigenvalue weighted by molar-refractivity contribution is 7.13. The summed E-state index contributed by atoms with van der Waals surface area (Å²) in [6.45, 7) is 3.87. The number of benzene rings is 1. The van der Waals surface area contributed by atoms with Crippen LogP contribution in [0.2, 0.25) is 5.02 Å². The number of nitrogens with zero attached hydrogens (tertiary/aromatic N) is 4. The number of ether oxygens (including phenoxy) is 1. The smallest absolute Gasteiger partial charge is 0.226 e. The Morgan fingerprint density at radius 3 is 2.84 bits per heavy atom. The number of aryl methyl sites for hydroxylation is 1. The Morgan fingerprint density at radius 2 is 2.10 bits per heavy atom. The third-order valence-electron chi connectivity index (χ3n) is 5.35. The highest BCUT2D eigenvalue weighted by Crippen LogP contribution is 2.25. The van der Waals surface area contributed by atoms with E-state index in [0.717, 1.165) is 48.9 Å². The van der Waals surface area contributed by atoms with Crippen molar-refractivity contribution in [1.82, 2.24) is 19.9 Å². The number of carbonyl (C=O) groups is 1. The van der Waals surface area contributed by atoms with E-state index in [1.54, 1.807) is 18.4 Å². The molecular weight excluding hydrogens is 436 g/mol. The largest absolute Gasteiger partial charge is 0.496 e. The van der Waals surface area contributed by atoms with E-state index in [1.807, 2.05) is 40.6 Å². The van der Waals surface area contributed by atoms with Gasteiger partial charge in [-0.3, -0.25) is 9.69 Å². The van der Waals surface area contributed by atoms with Crippen LogP contribution in [0.5, 0.6) is 5.75 Å². The highest BCUT2D eigenvalue weighted by Gasteiger charge is 2.22. The van der Waals surface area contributed by atoms with Gasteiger partial charge in [-0.1, -0.05) is 22.8 Å². The summed E-state index contributed by atoms with van der Waals surface area (Å²) in [7, 11) is 1.67. The van der Waals surface area contributed by atoms with Gasteiger partial charge >= 0.3 is 0 Å². The van der Waals surface area contributed by atoms with Gasteiger partial charge in [0.25, 0.3) is 0 Å². The molecule has 0 atom stereocenters. The quantitative estimate of drug-likeness (QED) is 0.503. The number of methoxy groups -OCH3 is 1. The van der Waals surface area contributed by atoms with E-state index in [2.05, 4.69) is 15.0 Å². The molecule has 1 aromatic carbocycles. The van der Waals surface area contributed by atoms with E-state index in [4.69, 9.17) is 20.9 Å². The number of rotatable bonds is 8. The Balaban J connectivity index is 1.20. The lowest BCUT2D eigenvalue weighted by atomic mass is 10.1. The first-order valence-corrected chi connectivity index (χ1v) is 11.6. The van der Waals surface area contributed by atoms with Crippen molar-refractivity contribution in [3.63, 3.8) is 0 Å². The number of hydrogen-bond acceptors (Lipinski definition) is 7. The molecule has 1 amide bonds. The molecule has 0 radical (unpaired) electrons. The number of thiophene rings is 1. The zero-order valence-electron chi connectivity index (χ0n) is 17.4. The van der Waals surface area contributed by atoms with Gasteiger partial charge in [-0.25, -0.2) is 0 Å². The lowest BCUT2D eigenvalue weighted by Gasteiger charge is -2.35. The monoisotopic (exact) mass is 460 g/mol. The predicted molar refractivity (Wildman–Crippen MR) is 120 cm³/mol. The van der Waals surface area contributed by atoms with Gasteiger partial charge < -0.3 is 14.2 Å². The Bertz CT molecular complexity index is 1000. The van der Waals surface area contributed by atoms with Gasteiger partial charge in [-0.05, 0) is 36.1 Å². The average molecular weight is 461 g/mol. The molecule has 1 aliphatic rings. The van der Waals surface area contributed by atoms with Crippen molar-refractivity contribution in [2.24, 2.45) is 0 Å². The fourth-order valence-corrected chi connectivity index (χ4v) is 4.52. The number of piperazine rings is 1. The second kappa shape index (κ2) is 10.3. The molecular formula is C22H25ClN4O3S. The van der Waals surface area contributed by atoms with Crippen molar-refractivity contribution in [2.45, 2.75) is 25.8 Å². The Kier molecular flexibility index (Phi) is 7.21. The second-order valence-corrected chi connectivity index (χ2v) is 8.84. The fourth-order valence-electron chi connectivity index (χ4n) is 3.68. The van der Waals surface area contributed by atoms with Crippen molar-refractivity contribution < 1.29 is 14.1 Å². The highest BCUT2D eigenvalue weighted by atomic mass is 35.5. The fraction of sp³-hybridized carbons (Fsp3) is 0.409. The minimum absolute atomic E-state index is 0.179. The van der Waals surface area contributed by atoms with E-state index in [0.29, 0.717) is 36.0 Å². The SMILES string of the molecule is COc1ccc(Cl)cc1CN1CCN(C(=O)CCCc2nc(-c3cccs3)no2)CC1. The Hall–Kier alpha value is -2.42. The molecule has 0 bridgehead atoms. The third-order valence-corrected chi connectivity index (χ3v) is 6.45. The molecule has 1 aliphatic heterocycles. The molecule has 0 aliphatic carbocycles. The summed E-state index contributed by atoms with van der Waals surface area (Å²) in [5.74, 6) is 2.21. The molecule has 2 aromatic heterocycles. The molecule has 31 heavy (non-hydrogen) atoms. The normalized spacial score (nSPS) is 14.7. The minimum atomic E-state index is 0.179. The van der Waals surface area contributed by atoms with E-state index in [1.165, 1.54) is 0 Å². The number of aromatic nitrogens is 2. The zero-order valence-corrected chi connectivity index (χ0v) is 19.0. The topological polar surface area (TPSA) is 71.7 Å². The molecule has 4 rings (SSSR count). The maximum Gasteiger partial charge on any atom is 0.226 e. The summed E-state index contributed by atoms with van der Waals surface area (Å²) in [6.07, 6.45) is 1.79. The van der Waals surface area contributed by atoms with Crippen LogP contribution in [0.3, 0.4) is 0 Å². The molecule has 1 fully saturated rings. The first-order chi connectivity index (χ1) is 15.1. The van der Waals surface area contributed by atoms with Crippen LogP contribution in [0.1, 0.15) is 24.3 Å². The van der Waals surface area contributed by atoms with E-state index >= 15 is 0 Å². The molecule has 7 nitrogen and oxygen atoms in total. The Labute approximate surface area is 190 Å². The maximum atomic E-state index is 12.6. The third kappa shape index (κ3) is 5.64. The summed E-state index contributed by atoms with van der Waals surface area (Å²) in [5, 5.41) is 6.70. The molecule has 3 heterocycles. The molecule has 0 saturated carbocycles. The van der Waals surface area contributed by atoms with Gasteiger partial charge in [0.2, 0.25) is 17.6 Å². The van der Waals surface area contributed by atoms with Gasteiger partial charge in [0.15, 0.2) is 0 Å². The summed E-state index contributed by atoms with van der Waals surface area (Å²) in [5.41, 5.74) is 1.07. The molecule has 1 saturated heterocycles. The van der Waals surface area contributed by atoms with E-state index in [9.17, 15) is 4.79 Å². The first kappa shape index (κ1) is 21.8. The van der Waals surface area contributed by atoms with Crippen molar-refractivity contribution in [1.29, 1.82) is 0 Å². The van der Waals surface area contributed by atoms with Gasteiger partial charge in [0, 0.05) is 56.2 Å². The number of hydrogen-bond donors (Lipinski definition) is 0. The molecule has 0 unspecified atom stereocenters. The summed E-state index contributed by atoms with van der Waals surface area (Å²) >= 11 is 7.71. The lowest BCUT2D eigenvalue weighted by molar-refractivity contribution is -0.133. The van der Waals surface area contributed by atoms with E-state index in [-0.39, 0.29) is 5.91 Å². The number of carbonyl (C=O) groups excluding carboxylic acids is 1. The van der Waals surface area contributed by atoms with Crippen LogP contribution >= 0.6 is 22.9 Å². The Morgan fingerprint density at radius 1 is 1.26 bits per heavy atom. The average Bonchev–Trinajstić information content (AvgIpc) is 3.46. The van der Waals surface area contributed by atoms with Crippen molar-refractivity contribution in [3.8, 4) is 16.5 Å². The number of amides is 1. The summed E-state index contributed by atoms with van der Waals surface area (Å²) in [6, 6.07) is 9.59. The van der Waals surface area contributed by atoms with Gasteiger partial charge in [0.05, 0.1) is 12.0 Å². The number of halogens is 1. The maximum absolute atomic E-state index is 12.6. The molecule has 0 spiro atoms. The van der Waals surface area contributed by atoms with Crippen LogP contribution in [0.15, 0.2) is 40.2 Å². The van der Waals surface area contributed by atoms with Crippen LogP contribution in [-0.2, 0) is 17.8 Å². The van der Waals surface area contributed by atoms with Crippen LogP contribution in [0.4, 0.5) is 0 Å². The van der Waals surface area contributed by atoms with Crippen LogP contribution in [0, 0.1) is 0 Å². The second-order valence-electron chi connectivity index (χ2n) is 7.46. The predicted octanol–water partition coefficient (Wildman–Crippen LogP) is 4.13. The van der Waals surface area contributed by atoms with Crippen LogP contribution in [-0.4, -0.2) is 59.1 Å². The molecule has 9 heteroatoms. The van der Waals surface area contributed by atoms with Gasteiger partial charge in [-0.2, -0.15) is 4.98 Å². The van der Waals surface area contributed by atoms with Crippen molar-refractivity contribution in [3.05, 3.63) is 52.2 Å². The minimum Gasteiger partial charge on any atom is -0.496 e. The van der Waals surface area contributed by atoms with Gasteiger partial charge in [0.1, 0.15) is 5.75 Å². The first-order valence-electron chi connectivity index (χ1n) is 10.3. The lowest BCUT2D eigenvalue weighted by Crippen LogP contribution is -2.48.